The zero-order valence-electron chi connectivity index (χ0n) is 9.47. The van der Waals surface area contributed by atoms with Crippen LogP contribution in [0.4, 0.5) is 5.13 Å². The number of rotatable bonds is 4. The maximum Gasteiger partial charge on any atom is 0.205 e. The minimum atomic E-state index is 0.485. The Morgan fingerprint density at radius 2 is 2.00 bits per heavy atom. The molecule has 3 nitrogen and oxygen atoms in total. The molecule has 1 aromatic carbocycles. The van der Waals surface area contributed by atoms with Gasteiger partial charge in [0.05, 0.1) is 0 Å². The summed E-state index contributed by atoms with van der Waals surface area (Å²) in [5, 5.41) is 13.2. The van der Waals surface area contributed by atoms with Gasteiger partial charge in [0.2, 0.25) is 5.13 Å². The van der Waals surface area contributed by atoms with Gasteiger partial charge >= 0.3 is 0 Å². The van der Waals surface area contributed by atoms with Crippen molar-refractivity contribution in [3.63, 3.8) is 0 Å². The first-order chi connectivity index (χ1) is 7.79. The van der Waals surface area contributed by atoms with Gasteiger partial charge in [-0.2, -0.15) is 0 Å². The molecule has 1 unspecified atom stereocenters. The monoisotopic (exact) mass is 233 g/mol. The molecule has 0 amide bonds. The molecule has 84 valence electrons. The topological polar surface area (TPSA) is 37.8 Å². The molecule has 16 heavy (non-hydrogen) atoms. The van der Waals surface area contributed by atoms with Crippen LogP contribution in [0.15, 0.2) is 30.3 Å². The van der Waals surface area contributed by atoms with E-state index in [9.17, 15) is 0 Å². The van der Waals surface area contributed by atoms with Crippen molar-refractivity contribution in [3.8, 4) is 0 Å². The standard InChI is InChI=1S/C12H15N3S/c1-9(10-6-4-3-5-7-10)8-11-14-15-12(13-2)16-11/h3-7,9H,8H2,1-2H3,(H,13,15). The van der Waals surface area contributed by atoms with Gasteiger partial charge in [0, 0.05) is 13.5 Å². The predicted molar refractivity (Wildman–Crippen MR) is 68.0 cm³/mol. The zero-order valence-corrected chi connectivity index (χ0v) is 10.3. The second-order valence-electron chi connectivity index (χ2n) is 3.77. The van der Waals surface area contributed by atoms with Gasteiger partial charge in [0.25, 0.3) is 0 Å². The molecule has 2 rings (SSSR count). The molecule has 0 spiro atoms. The van der Waals surface area contributed by atoms with Crippen molar-refractivity contribution in [1.82, 2.24) is 10.2 Å². The second kappa shape index (κ2) is 5.07. The zero-order chi connectivity index (χ0) is 11.4. The molecule has 0 saturated heterocycles. The summed E-state index contributed by atoms with van der Waals surface area (Å²) in [5.74, 6) is 0.485. The van der Waals surface area contributed by atoms with Crippen LogP contribution in [0.2, 0.25) is 0 Å². The number of nitrogens with one attached hydrogen (secondary N) is 1. The number of nitrogens with zero attached hydrogens (tertiary/aromatic N) is 2. The number of benzene rings is 1. The molecule has 0 fully saturated rings. The third-order valence-corrected chi connectivity index (χ3v) is 3.49. The molecule has 0 aliphatic carbocycles. The van der Waals surface area contributed by atoms with Gasteiger partial charge in [-0.15, -0.1) is 10.2 Å². The Balaban J connectivity index is 2.05. The van der Waals surface area contributed by atoms with Crippen molar-refractivity contribution < 1.29 is 0 Å². The van der Waals surface area contributed by atoms with E-state index < -0.39 is 0 Å². The Hall–Kier alpha value is -1.42. The molecule has 0 bridgehead atoms. The summed E-state index contributed by atoms with van der Waals surface area (Å²) in [5.41, 5.74) is 1.35. The Labute approximate surface area is 99.5 Å². The highest BCUT2D eigenvalue weighted by molar-refractivity contribution is 7.15. The van der Waals surface area contributed by atoms with Crippen molar-refractivity contribution in [3.05, 3.63) is 40.9 Å². The van der Waals surface area contributed by atoms with E-state index in [1.807, 2.05) is 13.1 Å². The highest BCUT2D eigenvalue weighted by Gasteiger charge is 2.09. The van der Waals surface area contributed by atoms with Crippen LogP contribution in [0.3, 0.4) is 0 Å². The van der Waals surface area contributed by atoms with Crippen LogP contribution in [0.1, 0.15) is 23.4 Å². The summed E-state index contributed by atoms with van der Waals surface area (Å²) in [6.45, 7) is 2.22. The summed E-state index contributed by atoms with van der Waals surface area (Å²) in [4.78, 5) is 0. The molecular weight excluding hydrogens is 218 g/mol. The second-order valence-corrected chi connectivity index (χ2v) is 4.83. The van der Waals surface area contributed by atoms with Crippen LogP contribution in [0.5, 0.6) is 0 Å². The minimum Gasteiger partial charge on any atom is -0.363 e. The lowest BCUT2D eigenvalue weighted by molar-refractivity contribution is 0.745. The maximum absolute atomic E-state index is 4.16. The Morgan fingerprint density at radius 3 is 2.62 bits per heavy atom. The lowest BCUT2D eigenvalue weighted by atomic mass is 9.98. The van der Waals surface area contributed by atoms with Gasteiger partial charge in [-0.25, -0.2) is 0 Å². The Kier molecular flexibility index (Phi) is 3.51. The normalized spacial score (nSPS) is 12.4. The fourth-order valence-corrected chi connectivity index (χ4v) is 2.42. The van der Waals surface area contributed by atoms with E-state index in [-0.39, 0.29) is 0 Å². The molecule has 2 aromatic rings. The summed E-state index contributed by atoms with van der Waals surface area (Å²) in [6, 6.07) is 10.5. The SMILES string of the molecule is CNc1nnc(CC(C)c2ccccc2)s1. The Morgan fingerprint density at radius 1 is 1.25 bits per heavy atom. The average molecular weight is 233 g/mol. The van der Waals surface area contributed by atoms with Crippen LogP contribution in [0, 0.1) is 0 Å². The van der Waals surface area contributed by atoms with Gasteiger partial charge < -0.3 is 5.32 Å². The molecule has 0 radical (unpaired) electrons. The van der Waals surface area contributed by atoms with E-state index in [2.05, 4.69) is 46.7 Å². The van der Waals surface area contributed by atoms with E-state index in [1.165, 1.54) is 5.56 Å². The lowest BCUT2D eigenvalue weighted by Crippen LogP contribution is -1.97. The van der Waals surface area contributed by atoms with E-state index in [4.69, 9.17) is 0 Å². The van der Waals surface area contributed by atoms with E-state index >= 15 is 0 Å². The van der Waals surface area contributed by atoms with E-state index in [1.54, 1.807) is 11.3 Å². The highest BCUT2D eigenvalue weighted by Crippen LogP contribution is 2.23. The molecule has 4 heteroatoms. The third-order valence-electron chi connectivity index (χ3n) is 2.53. The fourth-order valence-electron chi connectivity index (χ4n) is 1.60. The first kappa shape index (κ1) is 11.1. The van der Waals surface area contributed by atoms with Gasteiger partial charge in [-0.1, -0.05) is 48.6 Å². The molecule has 0 aliphatic rings. The minimum absolute atomic E-state index is 0.485. The molecule has 1 aromatic heterocycles. The molecule has 0 saturated carbocycles. The smallest absolute Gasteiger partial charge is 0.205 e. The van der Waals surface area contributed by atoms with Gasteiger partial charge in [-0.3, -0.25) is 0 Å². The maximum atomic E-state index is 4.16. The van der Waals surface area contributed by atoms with Gasteiger partial charge in [0.15, 0.2) is 0 Å². The summed E-state index contributed by atoms with van der Waals surface area (Å²) >= 11 is 1.62. The van der Waals surface area contributed by atoms with Crippen molar-refractivity contribution in [2.75, 3.05) is 12.4 Å². The number of hydrogen-bond donors (Lipinski definition) is 1. The van der Waals surface area contributed by atoms with Crippen molar-refractivity contribution in [1.29, 1.82) is 0 Å². The summed E-state index contributed by atoms with van der Waals surface area (Å²) < 4.78 is 0. The quantitative estimate of drug-likeness (QED) is 0.882. The summed E-state index contributed by atoms with van der Waals surface area (Å²) in [6.07, 6.45) is 0.948. The molecular formula is C12H15N3S. The van der Waals surface area contributed by atoms with Crippen molar-refractivity contribution >= 4 is 16.5 Å². The van der Waals surface area contributed by atoms with Crippen molar-refractivity contribution in [2.45, 2.75) is 19.3 Å². The first-order valence-corrected chi connectivity index (χ1v) is 6.16. The molecule has 1 atom stereocenters. The third kappa shape index (κ3) is 2.58. The molecule has 0 aliphatic heterocycles. The number of aromatic nitrogens is 2. The van der Waals surface area contributed by atoms with E-state index in [0.717, 1.165) is 16.6 Å². The van der Waals surface area contributed by atoms with Gasteiger partial charge in [-0.05, 0) is 11.5 Å². The number of hydrogen-bond acceptors (Lipinski definition) is 4. The van der Waals surface area contributed by atoms with Crippen LogP contribution in [0.25, 0.3) is 0 Å². The largest absolute Gasteiger partial charge is 0.363 e. The van der Waals surface area contributed by atoms with Crippen LogP contribution >= 0.6 is 11.3 Å². The number of anilines is 1. The first-order valence-electron chi connectivity index (χ1n) is 5.34. The fraction of sp³-hybridized carbons (Fsp3) is 0.333. The Bertz CT molecular complexity index is 439. The summed E-state index contributed by atoms with van der Waals surface area (Å²) in [7, 11) is 1.87. The molecule has 1 N–H and O–H groups in total. The van der Waals surface area contributed by atoms with E-state index in [0.29, 0.717) is 5.92 Å². The van der Waals surface area contributed by atoms with Crippen LogP contribution < -0.4 is 5.32 Å². The van der Waals surface area contributed by atoms with Crippen molar-refractivity contribution in [2.24, 2.45) is 0 Å². The highest BCUT2D eigenvalue weighted by atomic mass is 32.1. The predicted octanol–water partition coefficient (Wildman–Crippen LogP) is 2.93. The van der Waals surface area contributed by atoms with Crippen LogP contribution in [-0.2, 0) is 6.42 Å². The lowest BCUT2D eigenvalue weighted by Gasteiger charge is -2.08. The average Bonchev–Trinajstić information content (AvgIpc) is 2.78. The van der Waals surface area contributed by atoms with Gasteiger partial charge in [0.1, 0.15) is 5.01 Å². The van der Waals surface area contributed by atoms with Crippen LogP contribution in [-0.4, -0.2) is 17.2 Å². The molecule has 1 heterocycles.